The van der Waals surface area contributed by atoms with Crippen molar-refractivity contribution in [3.05, 3.63) is 17.7 Å². The van der Waals surface area contributed by atoms with E-state index in [-0.39, 0.29) is 5.75 Å². The average Bonchev–Trinajstić information content (AvgIpc) is 2.29. The summed E-state index contributed by atoms with van der Waals surface area (Å²) in [5.74, 6) is -0.369. The fourth-order valence-corrected chi connectivity index (χ4v) is 2.86. The lowest BCUT2D eigenvalue weighted by atomic mass is 10.1. The van der Waals surface area contributed by atoms with Crippen molar-refractivity contribution in [3.8, 4) is 5.75 Å². The molecular formula is C11H14N2O3S. The molecule has 0 radical (unpaired) electrons. The van der Waals surface area contributed by atoms with Crippen molar-refractivity contribution in [1.82, 2.24) is 0 Å². The third-order valence-corrected chi connectivity index (χ3v) is 3.73. The van der Waals surface area contributed by atoms with E-state index in [0.717, 1.165) is 10.5 Å². The molecule has 1 aliphatic heterocycles. The first-order valence-corrected chi connectivity index (χ1v) is 6.28. The number of carbonyl (C=O) groups is 1. The molecule has 1 aliphatic rings. The molecule has 0 aliphatic carbocycles. The van der Waals surface area contributed by atoms with Gasteiger partial charge in [0, 0.05) is 10.6 Å². The standard InChI is InChI=1S/C11H14N2O3S/c12-2-1-6-3-8(14)10-9(4-6)17-5-7(13-10)11(15)16/h3-4,7,13-14H,1-2,5,12H2,(H,15,16)/t7-/m0/s1. The lowest BCUT2D eigenvalue weighted by Crippen LogP contribution is -2.34. The number of anilines is 1. The van der Waals surface area contributed by atoms with E-state index in [1.165, 1.54) is 11.8 Å². The number of carboxylic acid groups (broad SMARTS) is 1. The molecule has 5 N–H and O–H groups in total. The Hall–Kier alpha value is -1.40. The second-order valence-corrected chi connectivity index (χ2v) is 4.93. The van der Waals surface area contributed by atoms with Gasteiger partial charge in [0.25, 0.3) is 0 Å². The van der Waals surface area contributed by atoms with Gasteiger partial charge in [-0.25, -0.2) is 4.79 Å². The number of aromatic hydroxyl groups is 1. The molecule has 92 valence electrons. The van der Waals surface area contributed by atoms with Crippen LogP contribution in [0.15, 0.2) is 17.0 Å². The van der Waals surface area contributed by atoms with Gasteiger partial charge in [-0.05, 0) is 30.7 Å². The van der Waals surface area contributed by atoms with E-state index in [9.17, 15) is 9.90 Å². The van der Waals surface area contributed by atoms with Crippen LogP contribution in [0.4, 0.5) is 5.69 Å². The van der Waals surface area contributed by atoms with E-state index < -0.39 is 12.0 Å². The third-order valence-electron chi connectivity index (χ3n) is 2.60. The molecule has 6 heteroatoms. The number of phenolic OH excluding ortho intramolecular Hbond substituents is 1. The van der Waals surface area contributed by atoms with E-state index >= 15 is 0 Å². The number of carboxylic acids is 1. The molecular weight excluding hydrogens is 240 g/mol. The lowest BCUT2D eigenvalue weighted by molar-refractivity contribution is -0.137. The molecule has 1 aromatic carbocycles. The number of hydrogen-bond acceptors (Lipinski definition) is 5. The fraction of sp³-hybridized carbons (Fsp3) is 0.364. The maximum absolute atomic E-state index is 10.9. The van der Waals surface area contributed by atoms with E-state index in [0.29, 0.717) is 24.4 Å². The van der Waals surface area contributed by atoms with E-state index in [4.69, 9.17) is 10.8 Å². The van der Waals surface area contributed by atoms with Gasteiger partial charge in [0.1, 0.15) is 11.8 Å². The van der Waals surface area contributed by atoms with Crippen LogP contribution in [-0.2, 0) is 11.2 Å². The third kappa shape index (κ3) is 2.48. The summed E-state index contributed by atoms with van der Waals surface area (Å²) >= 11 is 1.44. The highest BCUT2D eigenvalue weighted by Gasteiger charge is 2.26. The van der Waals surface area contributed by atoms with Crippen molar-refractivity contribution >= 4 is 23.4 Å². The van der Waals surface area contributed by atoms with Gasteiger partial charge in [-0.3, -0.25) is 0 Å². The Kier molecular flexibility index (Phi) is 3.44. The number of aliphatic carboxylic acids is 1. The molecule has 17 heavy (non-hydrogen) atoms. The Balaban J connectivity index is 2.30. The highest BCUT2D eigenvalue weighted by molar-refractivity contribution is 7.99. The summed E-state index contributed by atoms with van der Waals surface area (Å²) in [5.41, 5.74) is 6.94. The lowest BCUT2D eigenvalue weighted by Gasteiger charge is -2.24. The molecule has 0 fully saturated rings. The van der Waals surface area contributed by atoms with E-state index in [1.807, 2.05) is 6.07 Å². The van der Waals surface area contributed by atoms with E-state index in [2.05, 4.69) is 5.32 Å². The molecule has 0 saturated carbocycles. The second-order valence-electron chi connectivity index (χ2n) is 3.87. The minimum atomic E-state index is -0.909. The normalized spacial score (nSPS) is 18.3. The van der Waals surface area contributed by atoms with Crippen LogP contribution in [0.2, 0.25) is 0 Å². The van der Waals surface area contributed by atoms with Crippen LogP contribution in [-0.4, -0.2) is 34.5 Å². The van der Waals surface area contributed by atoms with E-state index in [1.54, 1.807) is 6.07 Å². The van der Waals surface area contributed by atoms with Gasteiger partial charge < -0.3 is 21.3 Å². The zero-order valence-electron chi connectivity index (χ0n) is 9.14. The van der Waals surface area contributed by atoms with Gasteiger partial charge in [-0.2, -0.15) is 0 Å². The first-order valence-electron chi connectivity index (χ1n) is 5.30. The molecule has 0 aromatic heterocycles. The summed E-state index contributed by atoms with van der Waals surface area (Å²) < 4.78 is 0. The number of thioether (sulfide) groups is 1. The highest BCUT2D eigenvalue weighted by atomic mass is 32.2. The maximum Gasteiger partial charge on any atom is 0.327 e. The monoisotopic (exact) mass is 254 g/mol. The van der Waals surface area contributed by atoms with Crippen LogP contribution < -0.4 is 11.1 Å². The first kappa shape index (κ1) is 12.1. The van der Waals surface area contributed by atoms with Gasteiger partial charge in [0.15, 0.2) is 0 Å². The molecule has 0 amide bonds. The predicted octanol–water partition coefficient (Wildman–Crippen LogP) is 0.864. The van der Waals surface area contributed by atoms with Gasteiger partial charge in [-0.1, -0.05) is 0 Å². The second kappa shape index (κ2) is 4.85. The average molecular weight is 254 g/mol. The largest absolute Gasteiger partial charge is 0.506 e. The number of hydrogen-bond donors (Lipinski definition) is 4. The molecule has 1 aromatic rings. The predicted molar refractivity (Wildman–Crippen MR) is 66.6 cm³/mol. The van der Waals surface area contributed by atoms with Crippen molar-refractivity contribution < 1.29 is 15.0 Å². The number of rotatable bonds is 3. The Labute approximate surface area is 103 Å². The molecule has 5 nitrogen and oxygen atoms in total. The van der Waals surface area contributed by atoms with Crippen LogP contribution in [0.3, 0.4) is 0 Å². The molecule has 1 heterocycles. The molecule has 0 unspecified atom stereocenters. The zero-order valence-corrected chi connectivity index (χ0v) is 9.96. The Morgan fingerprint density at radius 1 is 1.59 bits per heavy atom. The van der Waals surface area contributed by atoms with Crippen LogP contribution in [0, 0.1) is 0 Å². The molecule has 1 atom stereocenters. The number of phenols is 1. The Bertz CT molecular complexity index is 451. The van der Waals surface area contributed by atoms with Gasteiger partial charge in [-0.15, -0.1) is 11.8 Å². The maximum atomic E-state index is 10.9. The summed E-state index contributed by atoms with van der Waals surface area (Å²) in [5, 5.41) is 21.6. The van der Waals surface area contributed by atoms with Crippen molar-refractivity contribution in [1.29, 1.82) is 0 Å². The van der Waals surface area contributed by atoms with Crippen molar-refractivity contribution in [2.24, 2.45) is 5.73 Å². The first-order chi connectivity index (χ1) is 8.11. The number of nitrogens with two attached hydrogens (primary N) is 1. The van der Waals surface area contributed by atoms with Crippen LogP contribution in [0.1, 0.15) is 5.56 Å². The molecule has 2 rings (SSSR count). The number of benzene rings is 1. The summed E-state index contributed by atoms with van der Waals surface area (Å²) in [4.78, 5) is 11.8. The fourth-order valence-electron chi connectivity index (χ4n) is 1.75. The molecule has 0 bridgehead atoms. The van der Waals surface area contributed by atoms with Crippen LogP contribution in [0.5, 0.6) is 5.75 Å². The van der Waals surface area contributed by atoms with Gasteiger partial charge >= 0.3 is 5.97 Å². The number of nitrogens with one attached hydrogen (secondary N) is 1. The molecule has 0 saturated heterocycles. The smallest absolute Gasteiger partial charge is 0.327 e. The highest BCUT2D eigenvalue weighted by Crippen LogP contribution is 2.40. The zero-order chi connectivity index (χ0) is 12.4. The number of fused-ring (bicyclic) bond motifs is 1. The summed E-state index contributed by atoms with van der Waals surface area (Å²) in [6.45, 7) is 0.522. The minimum absolute atomic E-state index is 0.0874. The quantitative estimate of drug-likeness (QED) is 0.598. The van der Waals surface area contributed by atoms with Crippen molar-refractivity contribution in [2.45, 2.75) is 17.4 Å². The van der Waals surface area contributed by atoms with Gasteiger partial charge in [0.2, 0.25) is 0 Å². The topological polar surface area (TPSA) is 95.6 Å². The molecule has 0 spiro atoms. The van der Waals surface area contributed by atoms with Crippen molar-refractivity contribution in [2.75, 3.05) is 17.6 Å². The van der Waals surface area contributed by atoms with Crippen molar-refractivity contribution in [3.63, 3.8) is 0 Å². The summed E-state index contributed by atoms with van der Waals surface area (Å²) in [7, 11) is 0. The Morgan fingerprint density at radius 2 is 2.35 bits per heavy atom. The summed E-state index contributed by atoms with van der Waals surface area (Å²) in [6, 6.07) is 2.92. The van der Waals surface area contributed by atoms with Gasteiger partial charge in [0.05, 0.1) is 5.69 Å². The Morgan fingerprint density at radius 3 is 3.00 bits per heavy atom. The van der Waals surface area contributed by atoms with Crippen LogP contribution >= 0.6 is 11.8 Å². The SMILES string of the molecule is NCCc1cc(O)c2c(c1)SC[C@@H](C(=O)O)N2. The minimum Gasteiger partial charge on any atom is -0.506 e. The summed E-state index contributed by atoms with van der Waals surface area (Å²) in [6.07, 6.45) is 0.698. The van der Waals surface area contributed by atoms with Crippen LogP contribution in [0.25, 0.3) is 0 Å².